The Kier molecular flexibility index (Phi) is 6.88. The van der Waals surface area contributed by atoms with Crippen LogP contribution in [0.15, 0.2) is 36.4 Å². The zero-order valence-corrected chi connectivity index (χ0v) is 18.5. The van der Waals surface area contributed by atoms with E-state index in [0.29, 0.717) is 40.4 Å². The van der Waals surface area contributed by atoms with Crippen molar-refractivity contribution in [1.29, 1.82) is 0 Å². The molecule has 0 bridgehead atoms. The molecule has 0 aliphatic carbocycles. The summed E-state index contributed by atoms with van der Waals surface area (Å²) in [5.41, 5.74) is -1.31. The molecule has 5 nitrogen and oxygen atoms in total. The number of likely N-dealkylation sites (tertiary alicyclic amines) is 1. The quantitative estimate of drug-likeness (QED) is 0.604. The number of methoxy groups -OCH3 is 2. The summed E-state index contributed by atoms with van der Waals surface area (Å²) in [6, 6.07) is 8.11. The van der Waals surface area contributed by atoms with Crippen LogP contribution in [0.3, 0.4) is 0 Å². The SMILES string of the molecule is COc1cc(NC(=S)N2CCC(O)(c3cccc(C(F)(F)F)c3)CC2)c(OC)cc1Cl. The van der Waals surface area contributed by atoms with Crippen LogP contribution in [0.5, 0.6) is 11.5 Å². The fourth-order valence-corrected chi connectivity index (χ4v) is 4.03. The third kappa shape index (κ3) is 5.16. The fraction of sp³-hybridized carbons (Fsp3) is 0.381. The summed E-state index contributed by atoms with van der Waals surface area (Å²) < 4.78 is 49.7. The third-order valence-electron chi connectivity index (χ3n) is 5.32. The average Bonchev–Trinajstić information content (AvgIpc) is 2.74. The van der Waals surface area contributed by atoms with Gasteiger partial charge in [-0.2, -0.15) is 13.2 Å². The van der Waals surface area contributed by atoms with Crippen molar-refractivity contribution >= 4 is 34.6 Å². The van der Waals surface area contributed by atoms with Gasteiger partial charge in [-0.3, -0.25) is 0 Å². The molecule has 0 saturated carbocycles. The molecule has 1 saturated heterocycles. The second-order valence-electron chi connectivity index (χ2n) is 7.21. The maximum atomic E-state index is 13.0. The summed E-state index contributed by atoms with van der Waals surface area (Å²) in [5, 5.41) is 14.9. The lowest BCUT2D eigenvalue weighted by Gasteiger charge is -2.39. The molecule has 1 aliphatic rings. The first kappa shape index (κ1) is 23.4. The molecular formula is C21H22ClF3N2O3S. The molecule has 3 rings (SSSR count). The molecule has 31 heavy (non-hydrogen) atoms. The largest absolute Gasteiger partial charge is 0.495 e. The topological polar surface area (TPSA) is 54.0 Å². The highest BCUT2D eigenvalue weighted by Crippen LogP contribution is 2.38. The molecule has 10 heteroatoms. The average molecular weight is 475 g/mol. The normalized spacial score (nSPS) is 16.0. The molecule has 0 amide bonds. The molecule has 1 fully saturated rings. The van der Waals surface area contributed by atoms with Crippen LogP contribution in [0.2, 0.25) is 5.02 Å². The predicted molar refractivity (Wildman–Crippen MR) is 117 cm³/mol. The van der Waals surface area contributed by atoms with Gasteiger partial charge in [0, 0.05) is 25.2 Å². The number of ether oxygens (including phenoxy) is 2. The highest BCUT2D eigenvalue weighted by Gasteiger charge is 2.37. The highest BCUT2D eigenvalue weighted by molar-refractivity contribution is 7.80. The molecule has 0 aromatic heterocycles. The van der Waals surface area contributed by atoms with Crippen LogP contribution in [0, 0.1) is 0 Å². The van der Waals surface area contributed by atoms with Crippen molar-refractivity contribution in [3.8, 4) is 11.5 Å². The van der Waals surface area contributed by atoms with Crippen LogP contribution in [0.25, 0.3) is 0 Å². The highest BCUT2D eigenvalue weighted by atomic mass is 35.5. The van der Waals surface area contributed by atoms with E-state index in [-0.39, 0.29) is 18.4 Å². The van der Waals surface area contributed by atoms with Crippen molar-refractivity contribution in [3.63, 3.8) is 0 Å². The van der Waals surface area contributed by atoms with E-state index in [0.717, 1.165) is 12.1 Å². The Morgan fingerprint density at radius 1 is 1.13 bits per heavy atom. The lowest BCUT2D eigenvalue weighted by molar-refractivity contribution is -0.137. The number of hydrogen-bond acceptors (Lipinski definition) is 4. The van der Waals surface area contributed by atoms with Gasteiger partial charge < -0.3 is 24.8 Å². The third-order valence-corrected chi connectivity index (χ3v) is 5.98. The second-order valence-corrected chi connectivity index (χ2v) is 8.01. The van der Waals surface area contributed by atoms with Gasteiger partial charge in [-0.05, 0) is 42.8 Å². The van der Waals surface area contributed by atoms with E-state index in [4.69, 9.17) is 33.3 Å². The number of benzene rings is 2. The number of nitrogens with zero attached hydrogens (tertiary/aromatic N) is 1. The first-order valence-corrected chi connectivity index (χ1v) is 10.2. The van der Waals surface area contributed by atoms with Gasteiger partial charge in [-0.1, -0.05) is 23.7 Å². The first-order valence-electron chi connectivity index (χ1n) is 9.45. The summed E-state index contributed by atoms with van der Waals surface area (Å²) in [6.07, 6.45) is -3.99. The molecule has 0 unspecified atom stereocenters. The molecule has 1 aliphatic heterocycles. The summed E-state index contributed by atoms with van der Waals surface area (Å²) in [5.74, 6) is 0.927. The first-order chi connectivity index (χ1) is 14.6. The van der Waals surface area contributed by atoms with E-state index in [1.165, 1.54) is 26.4 Å². The summed E-state index contributed by atoms with van der Waals surface area (Å²) in [6.45, 7) is 0.733. The van der Waals surface area contributed by atoms with E-state index in [1.54, 1.807) is 12.1 Å². The van der Waals surface area contributed by atoms with Gasteiger partial charge in [-0.25, -0.2) is 0 Å². The molecule has 1 heterocycles. The number of piperidine rings is 1. The van der Waals surface area contributed by atoms with Crippen LogP contribution in [0.1, 0.15) is 24.0 Å². The summed E-state index contributed by atoms with van der Waals surface area (Å²) >= 11 is 11.6. The number of alkyl halides is 3. The van der Waals surface area contributed by atoms with Crippen molar-refractivity contribution in [2.75, 3.05) is 32.6 Å². The van der Waals surface area contributed by atoms with Gasteiger partial charge in [0.25, 0.3) is 0 Å². The van der Waals surface area contributed by atoms with Gasteiger partial charge in [0.1, 0.15) is 11.5 Å². The molecule has 0 radical (unpaired) electrons. The Morgan fingerprint density at radius 2 is 1.77 bits per heavy atom. The summed E-state index contributed by atoms with van der Waals surface area (Å²) in [4.78, 5) is 1.85. The summed E-state index contributed by atoms with van der Waals surface area (Å²) in [7, 11) is 3.00. The Morgan fingerprint density at radius 3 is 2.35 bits per heavy atom. The van der Waals surface area contributed by atoms with Gasteiger partial charge in [-0.15, -0.1) is 0 Å². The van der Waals surface area contributed by atoms with Crippen molar-refractivity contribution in [2.45, 2.75) is 24.6 Å². The number of aliphatic hydroxyl groups is 1. The van der Waals surface area contributed by atoms with Gasteiger partial charge in [0.05, 0.1) is 36.1 Å². The standard InChI is InChI=1S/C21H22ClF3N2O3S/c1-29-17-12-16(18(30-2)11-15(17)22)26-19(31)27-8-6-20(28,7-9-27)13-4-3-5-14(10-13)21(23,24)25/h3-5,10-12,28H,6-9H2,1-2H3,(H,26,31). The van der Waals surface area contributed by atoms with Gasteiger partial charge in [0.15, 0.2) is 5.11 Å². The number of nitrogens with one attached hydrogen (secondary N) is 1. The van der Waals surface area contributed by atoms with Crippen LogP contribution in [-0.2, 0) is 11.8 Å². The van der Waals surface area contributed by atoms with Crippen LogP contribution in [0.4, 0.5) is 18.9 Å². The number of rotatable bonds is 4. The molecule has 0 spiro atoms. The minimum absolute atomic E-state index is 0.233. The van der Waals surface area contributed by atoms with E-state index in [1.807, 2.05) is 4.90 Å². The van der Waals surface area contributed by atoms with Crippen molar-refractivity contribution in [2.24, 2.45) is 0 Å². The Labute approximate surface area is 188 Å². The number of halogens is 4. The smallest absolute Gasteiger partial charge is 0.416 e. The van der Waals surface area contributed by atoms with E-state index < -0.39 is 17.3 Å². The zero-order chi connectivity index (χ0) is 22.8. The Hall–Kier alpha value is -2.23. The molecule has 168 valence electrons. The predicted octanol–water partition coefficient (Wildman–Crippen LogP) is 5.06. The monoisotopic (exact) mass is 474 g/mol. The lowest BCUT2D eigenvalue weighted by Crippen LogP contribution is -2.46. The van der Waals surface area contributed by atoms with Crippen molar-refractivity contribution in [3.05, 3.63) is 52.5 Å². The van der Waals surface area contributed by atoms with Crippen LogP contribution < -0.4 is 14.8 Å². The van der Waals surface area contributed by atoms with E-state index >= 15 is 0 Å². The molecule has 2 aromatic carbocycles. The van der Waals surface area contributed by atoms with Crippen molar-refractivity contribution in [1.82, 2.24) is 4.90 Å². The van der Waals surface area contributed by atoms with E-state index in [9.17, 15) is 18.3 Å². The molecule has 2 N–H and O–H groups in total. The lowest BCUT2D eigenvalue weighted by atomic mass is 9.84. The molecule has 0 atom stereocenters. The van der Waals surface area contributed by atoms with E-state index in [2.05, 4.69) is 5.32 Å². The number of thiocarbonyl (C=S) groups is 1. The van der Waals surface area contributed by atoms with Crippen LogP contribution >= 0.6 is 23.8 Å². The Balaban J connectivity index is 1.71. The minimum atomic E-state index is -4.46. The van der Waals surface area contributed by atoms with Crippen molar-refractivity contribution < 1.29 is 27.8 Å². The minimum Gasteiger partial charge on any atom is -0.495 e. The van der Waals surface area contributed by atoms with Gasteiger partial charge >= 0.3 is 6.18 Å². The molecule has 2 aromatic rings. The zero-order valence-electron chi connectivity index (χ0n) is 16.9. The fourth-order valence-electron chi connectivity index (χ4n) is 3.51. The number of hydrogen-bond donors (Lipinski definition) is 2. The Bertz CT molecular complexity index is 963. The maximum Gasteiger partial charge on any atom is 0.416 e. The van der Waals surface area contributed by atoms with Crippen LogP contribution in [-0.4, -0.2) is 42.4 Å². The number of anilines is 1. The second kappa shape index (κ2) is 9.10. The molecular weight excluding hydrogens is 453 g/mol. The van der Waals surface area contributed by atoms with Gasteiger partial charge in [0.2, 0.25) is 0 Å². The maximum absolute atomic E-state index is 13.0.